The zero-order valence-corrected chi connectivity index (χ0v) is 13.0. The second kappa shape index (κ2) is 5.99. The molecule has 0 radical (unpaired) electrons. The number of nitrogens with one attached hydrogen (secondary N) is 3. The summed E-state index contributed by atoms with van der Waals surface area (Å²) in [6.07, 6.45) is 1.39. The van der Waals surface area contributed by atoms with Crippen molar-refractivity contribution in [1.29, 1.82) is 0 Å². The SMILES string of the molecule is O=C(CN=C1NS(=O)(=O)c2ccccc21)NC1CCCNC1=O. The van der Waals surface area contributed by atoms with Crippen LogP contribution in [0.4, 0.5) is 0 Å². The summed E-state index contributed by atoms with van der Waals surface area (Å²) in [5.74, 6) is -0.490. The zero-order chi connectivity index (χ0) is 16.4. The molecular formula is C14H16N4O4S. The average molecular weight is 336 g/mol. The molecule has 2 aliphatic heterocycles. The van der Waals surface area contributed by atoms with Gasteiger partial charge in [0.15, 0.2) is 0 Å². The van der Waals surface area contributed by atoms with Gasteiger partial charge in [-0.05, 0) is 25.0 Å². The summed E-state index contributed by atoms with van der Waals surface area (Å²) in [5, 5.41) is 5.28. The number of benzene rings is 1. The number of amidine groups is 1. The molecule has 1 fully saturated rings. The van der Waals surface area contributed by atoms with E-state index in [4.69, 9.17) is 0 Å². The monoisotopic (exact) mass is 336 g/mol. The Hall–Kier alpha value is -2.42. The number of hydrogen-bond acceptors (Lipinski definition) is 5. The second-order valence-electron chi connectivity index (χ2n) is 5.32. The van der Waals surface area contributed by atoms with Gasteiger partial charge in [-0.15, -0.1) is 0 Å². The number of amides is 2. The number of aliphatic imine (C=N–C) groups is 1. The van der Waals surface area contributed by atoms with E-state index in [1.807, 2.05) is 0 Å². The lowest BCUT2D eigenvalue weighted by molar-refractivity contribution is -0.129. The molecular weight excluding hydrogens is 320 g/mol. The number of carbonyl (C=O) groups is 2. The van der Waals surface area contributed by atoms with Crippen molar-refractivity contribution in [2.75, 3.05) is 13.1 Å². The van der Waals surface area contributed by atoms with Gasteiger partial charge in [0.1, 0.15) is 18.4 Å². The molecule has 0 aromatic heterocycles. The van der Waals surface area contributed by atoms with Crippen molar-refractivity contribution in [2.45, 2.75) is 23.8 Å². The average Bonchev–Trinajstić information content (AvgIpc) is 2.79. The maximum atomic E-state index is 11.9. The van der Waals surface area contributed by atoms with E-state index in [2.05, 4.69) is 20.3 Å². The minimum atomic E-state index is -3.62. The van der Waals surface area contributed by atoms with Gasteiger partial charge >= 0.3 is 0 Å². The second-order valence-corrected chi connectivity index (χ2v) is 6.97. The predicted molar refractivity (Wildman–Crippen MR) is 82.3 cm³/mol. The largest absolute Gasteiger partial charge is 0.354 e. The number of rotatable bonds is 3. The van der Waals surface area contributed by atoms with Crippen LogP contribution in [-0.4, -0.2) is 45.2 Å². The quantitative estimate of drug-likeness (QED) is 0.664. The first-order valence-corrected chi connectivity index (χ1v) is 8.69. The molecule has 0 spiro atoms. The van der Waals surface area contributed by atoms with Crippen molar-refractivity contribution in [3.63, 3.8) is 0 Å². The lowest BCUT2D eigenvalue weighted by Crippen LogP contribution is -2.50. The van der Waals surface area contributed by atoms with Gasteiger partial charge < -0.3 is 10.6 Å². The Bertz CT molecular complexity index is 788. The van der Waals surface area contributed by atoms with Crippen LogP contribution in [0.3, 0.4) is 0 Å². The fourth-order valence-electron chi connectivity index (χ4n) is 2.55. The smallest absolute Gasteiger partial charge is 0.263 e. The van der Waals surface area contributed by atoms with E-state index in [0.29, 0.717) is 18.5 Å². The molecule has 1 saturated heterocycles. The molecule has 2 amide bonds. The number of sulfonamides is 1. The lowest BCUT2D eigenvalue weighted by Gasteiger charge is -2.22. The molecule has 0 saturated carbocycles. The minimum absolute atomic E-state index is 0.142. The molecule has 3 rings (SSSR count). The van der Waals surface area contributed by atoms with Crippen molar-refractivity contribution in [2.24, 2.45) is 4.99 Å². The molecule has 3 N–H and O–H groups in total. The first-order chi connectivity index (χ1) is 11.0. The normalized spacial score (nSPS) is 23.7. The summed E-state index contributed by atoms with van der Waals surface area (Å²) in [6.45, 7) is 0.363. The summed E-state index contributed by atoms with van der Waals surface area (Å²) in [6, 6.07) is 5.87. The fraction of sp³-hybridized carbons (Fsp3) is 0.357. The van der Waals surface area contributed by atoms with Crippen LogP contribution in [0.5, 0.6) is 0 Å². The number of hydrogen-bond donors (Lipinski definition) is 3. The van der Waals surface area contributed by atoms with Gasteiger partial charge in [0.25, 0.3) is 10.0 Å². The van der Waals surface area contributed by atoms with E-state index in [1.54, 1.807) is 18.2 Å². The van der Waals surface area contributed by atoms with Crippen molar-refractivity contribution in [3.05, 3.63) is 29.8 Å². The van der Waals surface area contributed by atoms with E-state index in [9.17, 15) is 18.0 Å². The van der Waals surface area contributed by atoms with Crippen molar-refractivity contribution >= 4 is 27.7 Å². The van der Waals surface area contributed by atoms with Crippen molar-refractivity contribution < 1.29 is 18.0 Å². The number of carbonyl (C=O) groups excluding carboxylic acids is 2. The van der Waals surface area contributed by atoms with E-state index in [-0.39, 0.29) is 23.2 Å². The molecule has 122 valence electrons. The Morgan fingerprint density at radius 1 is 1.35 bits per heavy atom. The number of nitrogens with zero attached hydrogens (tertiary/aromatic N) is 1. The summed E-state index contributed by atoms with van der Waals surface area (Å²) >= 11 is 0. The standard InChI is InChI=1S/C14H16N4O4S/c19-12(17-10-5-3-7-15-14(10)20)8-16-13-9-4-1-2-6-11(9)23(21,22)18-13/h1-2,4,6,10H,3,5,7-8H2,(H,15,20)(H,16,18)(H,17,19). The predicted octanol–water partition coefficient (Wildman–Crippen LogP) is -0.880. The Labute approximate surface area is 133 Å². The third-order valence-corrected chi connectivity index (χ3v) is 5.06. The molecule has 1 atom stereocenters. The minimum Gasteiger partial charge on any atom is -0.354 e. The number of piperidine rings is 1. The molecule has 0 bridgehead atoms. The highest BCUT2D eigenvalue weighted by molar-refractivity contribution is 7.90. The van der Waals surface area contributed by atoms with Crippen LogP contribution in [0.1, 0.15) is 18.4 Å². The van der Waals surface area contributed by atoms with E-state index >= 15 is 0 Å². The molecule has 9 heteroatoms. The third kappa shape index (κ3) is 3.19. The molecule has 0 aliphatic carbocycles. The lowest BCUT2D eigenvalue weighted by atomic mass is 10.1. The maximum Gasteiger partial charge on any atom is 0.263 e. The Morgan fingerprint density at radius 2 is 2.13 bits per heavy atom. The van der Waals surface area contributed by atoms with Crippen molar-refractivity contribution in [3.8, 4) is 0 Å². The van der Waals surface area contributed by atoms with Crippen molar-refractivity contribution in [1.82, 2.24) is 15.4 Å². The molecule has 8 nitrogen and oxygen atoms in total. The van der Waals surface area contributed by atoms with Gasteiger partial charge in [-0.3, -0.25) is 19.3 Å². The molecule has 1 unspecified atom stereocenters. The zero-order valence-electron chi connectivity index (χ0n) is 12.2. The molecule has 1 aromatic rings. The fourth-order valence-corrected chi connectivity index (χ4v) is 3.80. The summed E-state index contributed by atoms with van der Waals surface area (Å²) in [7, 11) is -3.62. The van der Waals surface area contributed by atoms with Gasteiger partial charge in [0, 0.05) is 12.1 Å². The summed E-state index contributed by atoms with van der Waals surface area (Å²) < 4.78 is 26.2. The maximum absolute atomic E-state index is 11.9. The van der Waals surface area contributed by atoms with Gasteiger partial charge in [0.2, 0.25) is 11.8 Å². The van der Waals surface area contributed by atoms with Crippen LogP contribution < -0.4 is 15.4 Å². The van der Waals surface area contributed by atoms with Gasteiger partial charge in [-0.2, -0.15) is 0 Å². The first-order valence-electron chi connectivity index (χ1n) is 7.21. The van der Waals surface area contributed by atoms with Gasteiger partial charge in [-0.1, -0.05) is 12.1 Å². The van der Waals surface area contributed by atoms with E-state index < -0.39 is 22.0 Å². The van der Waals surface area contributed by atoms with Crippen LogP contribution in [-0.2, 0) is 19.6 Å². The highest BCUT2D eigenvalue weighted by Crippen LogP contribution is 2.21. The van der Waals surface area contributed by atoms with E-state index in [1.165, 1.54) is 6.07 Å². The topological polar surface area (TPSA) is 117 Å². The molecule has 1 aromatic carbocycles. The van der Waals surface area contributed by atoms with Crippen LogP contribution in [0.25, 0.3) is 0 Å². The highest BCUT2D eigenvalue weighted by Gasteiger charge is 2.30. The molecule has 2 aliphatic rings. The van der Waals surface area contributed by atoms with E-state index in [0.717, 1.165) is 6.42 Å². The van der Waals surface area contributed by atoms with Gasteiger partial charge in [0.05, 0.1) is 4.90 Å². The van der Waals surface area contributed by atoms with Crippen LogP contribution in [0.15, 0.2) is 34.2 Å². The van der Waals surface area contributed by atoms with Gasteiger partial charge in [-0.25, -0.2) is 8.42 Å². The Balaban J connectivity index is 1.69. The summed E-state index contributed by atoms with van der Waals surface area (Å²) in [5.41, 5.74) is 0.440. The Morgan fingerprint density at radius 3 is 2.91 bits per heavy atom. The Kier molecular flexibility index (Phi) is 4.03. The first kappa shape index (κ1) is 15.5. The van der Waals surface area contributed by atoms with Crippen LogP contribution in [0.2, 0.25) is 0 Å². The van der Waals surface area contributed by atoms with Crippen LogP contribution >= 0.6 is 0 Å². The molecule has 23 heavy (non-hydrogen) atoms. The third-order valence-electron chi connectivity index (χ3n) is 3.66. The summed E-state index contributed by atoms with van der Waals surface area (Å²) in [4.78, 5) is 27.7. The molecule has 2 heterocycles. The van der Waals surface area contributed by atoms with Crippen LogP contribution in [0, 0.1) is 0 Å². The highest BCUT2D eigenvalue weighted by atomic mass is 32.2. The number of fused-ring (bicyclic) bond motifs is 1.